The average Bonchev–Trinajstić information content (AvgIpc) is 3.30. The molecule has 0 aromatic heterocycles. The number of hydrogen-bond acceptors (Lipinski definition) is 4. The number of halogens is 1. The molecule has 3 fully saturated rings. The minimum Gasteiger partial charge on any atom is -0.274 e. The Hall–Kier alpha value is -2.02. The molecule has 5 nitrogen and oxygen atoms in total. The zero-order valence-electron chi connectivity index (χ0n) is 15.0. The van der Waals surface area contributed by atoms with Crippen LogP contribution in [0.3, 0.4) is 0 Å². The summed E-state index contributed by atoms with van der Waals surface area (Å²) in [6.07, 6.45) is 1.02. The van der Waals surface area contributed by atoms with E-state index in [1.54, 1.807) is 0 Å². The first kappa shape index (κ1) is 17.1. The maximum Gasteiger partial charge on any atom is 0.253 e. The SMILES string of the molecule is Cc1ccc([C@H]2[C@H]3C(=O)N(c4ccccc4Br)C(=O)[C@@H]3N3CCCN23)cc1. The molecule has 3 atom stereocenters. The standard InChI is InChI=1S/C21H20BrN3O2/c1-13-7-9-14(10-8-13)18-17-19(24-12-4-11-23(18)24)21(27)25(20(17)26)16-6-3-2-5-15(16)22/h2-3,5-10,17-19H,4,11-12H2,1H3/t17-,18+,19-/m1/s1. The molecule has 2 amide bonds. The van der Waals surface area contributed by atoms with Crippen LogP contribution < -0.4 is 4.90 Å². The fourth-order valence-electron chi connectivity index (χ4n) is 4.75. The summed E-state index contributed by atoms with van der Waals surface area (Å²) in [5.41, 5.74) is 2.93. The maximum atomic E-state index is 13.5. The number of carbonyl (C=O) groups is 2. The summed E-state index contributed by atoms with van der Waals surface area (Å²) >= 11 is 3.50. The minimum absolute atomic E-state index is 0.0814. The van der Waals surface area contributed by atoms with Gasteiger partial charge in [0.2, 0.25) is 5.91 Å². The van der Waals surface area contributed by atoms with Crippen LogP contribution in [-0.4, -0.2) is 41.0 Å². The van der Waals surface area contributed by atoms with Crippen LogP contribution in [0.4, 0.5) is 5.69 Å². The maximum absolute atomic E-state index is 13.5. The molecule has 0 saturated carbocycles. The van der Waals surface area contributed by atoms with Crippen molar-refractivity contribution in [1.29, 1.82) is 0 Å². The van der Waals surface area contributed by atoms with E-state index in [9.17, 15) is 9.59 Å². The molecule has 27 heavy (non-hydrogen) atoms. The molecule has 6 heteroatoms. The van der Waals surface area contributed by atoms with E-state index in [0.717, 1.165) is 29.5 Å². The molecule has 0 spiro atoms. The quantitative estimate of drug-likeness (QED) is 0.692. The third-order valence-electron chi connectivity index (χ3n) is 5.92. The van der Waals surface area contributed by atoms with Crippen molar-refractivity contribution in [1.82, 2.24) is 10.0 Å². The van der Waals surface area contributed by atoms with Crippen molar-refractivity contribution in [2.75, 3.05) is 18.0 Å². The topological polar surface area (TPSA) is 43.9 Å². The van der Waals surface area contributed by atoms with Crippen molar-refractivity contribution in [2.24, 2.45) is 5.92 Å². The zero-order chi connectivity index (χ0) is 18.7. The fraction of sp³-hybridized carbons (Fsp3) is 0.333. The number of aryl methyl sites for hydroxylation is 1. The highest BCUT2D eigenvalue weighted by Crippen LogP contribution is 2.49. The van der Waals surface area contributed by atoms with Crippen LogP contribution >= 0.6 is 15.9 Å². The number of anilines is 1. The molecule has 3 aliphatic rings. The van der Waals surface area contributed by atoms with Gasteiger partial charge < -0.3 is 0 Å². The lowest BCUT2D eigenvalue weighted by atomic mass is 9.89. The first-order valence-electron chi connectivity index (χ1n) is 9.30. The molecule has 0 bridgehead atoms. The summed E-state index contributed by atoms with van der Waals surface area (Å²) in [6, 6.07) is 15.3. The van der Waals surface area contributed by atoms with Crippen molar-refractivity contribution < 1.29 is 9.59 Å². The Kier molecular flexibility index (Phi) is 3.96. The minimum atomic E-state index is -0.404. The van der Waals surface area contributed by atoms with E-state index in [0.29, 0.717) is 5.69 Å². The highest BCUT2D eigenvalue weighted by molar-refractivity contribution is 9.10. The molecule has 0 N–H and O–H groups in total. The molecule has 0 radical (unpaired) electrons. The van der Waals surface area contributed by atoms with E-state index in [2.05, 4.69) is 57.1 Å². The van der Waals surface area contributed by atoms with Crippen LogP contribution in [0.5, 0.6) is 0 Å². The van der Waals surface area contributed by atoms with Crippen LogP contribution in [0, 0.1) is 12.8 Å². The fourth-order valence-corrected chi connectivity index (χ4v) is 5.21. The third-order valence-corrected chi connectivity index (χ3v) is 6.59. The van der Waals surface area contributed by atoms with Crippen LogP contribution in [0.1, 0.15) is 23.6 Å². The number of carbonyl (C=O) groups excluding carboxylic acids is 2. The lowest BCUT2D eigenvalue weighted by molar-refractivity contribution is -0.126. The van der Waals surface area contributed by atoms with Crippen molar-refractivity contribution in [3.8, 4) is 0 Å². The van der Waals surface area contributed by atoms with Gasteiger partial charge in [0.25, 0.3) is 5.91 Å². The predicted octanol–water partition coefficient (Wildman–Crippen LogP) is 3.29. The monoisotopic (exact) mass is 425 g/mol. The van der Waals surface area contributed by atoms with Crippen molar-refractivity contribution in [3.63, 3.8) is 0 Å². The molecule has 2 aromatic rings. The van der Waals surface area contributed by atoms with Gasteiger partial charge in [0.05, 0.1) is 17.6 Å². The third kappa shape index (κ3) is 2.43. The van der Waals surface area contributed by atoms with Crippen LogP contribution in [0.2, 0.25) is 0 Å². The number of para-hydroxylation sites is 1. The number of hydrogen-bond donors (Lipinski definition) is 0. The molecule has 138 valence electrons. The lowest BCUT2D eigenvalue weighted by Crippen LogP contribution is -2.44. The Balaban J connectivity index is 1.60. The molecular weight excluding hydrogens is 406 g/mol. The Labute approximate surface area is 166 Å². The first-order valence-corrected chi connectivity index (χ1v) is 10.1. The van der Waals surface area contributed by atoms with Gasteiger partial charge in [-0.1, -0.05) is 42.0 Å². The summed E-state index contributed by atoms with van der Waals surface area (Å²) in [5, 5.41) is 4.37. The van der Waals surface area contributed by atoms with E-state index < -0.39 is 6.04 Å². The molecule has 3 aliphatic heterocycles. The van der Waals surface area contributed by atoms with E-state index in [1.165, 1.54) is 10.5 Å². The summed E-state index contributed by atoms with van der Waals surface area (Å²) in [6.45, 7) is 3.77. The predicted molar refractivity (Wildman–Crippen MR) is 106 cm³/mol. The number of nitrogens with zero attached hydrogens (tertiary/aromatic N) is 3. The van der Waals surface area contributed by atoms with E-state index in [-0.39, 0.29) is 23.8 Å². The summed E-state index contributed by atoms with van der Waals surface area (Å²) in [4.78, 5) is 28.2. The van der Waals surface area contributed by atoms with Gasteiger partial charge in [0.15, 0.2) is 0 Å². The number of amides is 2. The van der Waals surface area contributed by atoms with Gasteiger partial charge in [0.1, 0.15) is 6.04 Å². The van der Waals surface area contributed by atoms with Crippen LogP contribution in [-0.2, 0) is 9.59 Å². The first-order chi connectivity index (χ1) is 13.1. The number of rotatable bonds is 2. The second-order valence-corrected chi connectivity index (χ2v) is 8.32. The number of benzene rings is 2. The van der Waals surface area contributed by atoms with Gasteiger partial charge in [-0.2, -0.15) is 0 Å². The Bertz CT molecular complexity index is 929. The Morgan fingerprint density at radius 3 is 2.26 bits per heavy atom. The molecule has 0 aliphatic carbocycles. The van der Waals surface area contributed by atoms with Gasteiger partial charge in [-0.15, -0.1) is 0 Å². The molecule has 5 rings (SSSR count). The van der Waals surface area contributed by atoms with Crippen molar-refractivity contribution >= 4 is 33.4 Å². The van der Waals surface area contributed by atoms with E-state index in [4.69, 9.17) is 0 Å². The Morgan fingerprint density at radius 2 is 1.56 bits per heavy atom. The average molecular weight is 426 g/mol. The number of fused-ring (bicyclic) bond motifs is 3. The zero-order valence-corrected chi connectivity index (χ0v) is 16.6. The largest absolute Gasteiger partial charge is 0.274 e. The normalized spacial score (nSPS) is 28.1. The second kappa shape index (κ2) is 6.26. The highest BCUT2D eigenvalue weighted by atomic mass is 79.9. The number of imide groups is 1. The van der Waals surface area contributed by atoms with Crippen LogP contribution in [0.15, 0.2) is 53.0 Å². The van der Waals surface area contributed by atoms with Gasteiger partial charge >= 0.3 is 0 Å². The summed E-state index contributed by atoms with van der Waals surface area (Å²) in [5.74, 6) is -0.581. The number of hydrazine groups is 1. The van der Waals surface area contributed by atoms with Crippen molar-refractivity contribution in [3.05, 3.63) is 64.1 Å². The van der Waals surface area contributed by atoms with E-state index in [1.807, 2.05) is 24.3 Å². The Morgan fingerprint density at radius 1 is 0.889 bits per heavy atom. The van der Waals surface area contributed by atoms with Crippen LogP contribution in [0.25, 0.3) is 0 Å². The van der Waals surface area contributed by atoms with Gasteiger partial charge in [-0.05, 0) is 47.0 Å². The summed E-state index contributed by atoms with van der Waals surface area (Å²) in [7, 11) is 0. The highest BCUT2D eigenvalue weighted by Gasteiger charge is 2.62. The van der Waals surface area contributed by atoms with Gasteiger partial charge in [-0.25, -0.2) is 14.9 Å². The molecule has 2 aromatic carbocycles. The lowest BCUT2D eigenvalue weighted by Gasteiger charge is -2.30. The molecule has 3 saturated heterocycles. The van der Waals surface area contributed by atoms with Crippen molar-refractivity contribution in [2.45, 2.75) is 25.4 Å². The molecule has 3 heterocycles. The van der Waals surface area contributed by atoms with Gasteiger partial charge in [-0.3, -0.25) is 9.59 Å². The van der Waals surface area contributed by atoms with Gasteiger partial charge in [0, 0.05) is 17.6 Å². The molecule has 0 unspecified atom stereocenters. The second-order valence-electron chi connectivity index (χ2n) is 7.47. The summed E-state index contributed by atoms with van der Waals surface area (Å²) < 4.78 is 0.761. The smallest absolute Gasteiger partial charge is 0.253 e. The molecular formula is C21H20BrN3O2. The van der Waals surface area contributed by atoms with E-state index >= 15 is 0 Å².